The fourth-order valence-corrected chi connectivity index (χ4v) is 2.65. The molecule has 0 radical (unpaired) electrons. The zero-order valence-electron chi connectivity index (χ0n) is 14.4. The first-order chi connectivity index (χ1) is 9.41. The van der Waals surface area contributed by atoms with Crippen LogP contribution in [0.1, 0.15) is 110 Å². The van der Waals surface area contributed by atoms with Crippen molar-refractivity contribution in [2.75, 3.05) is 6.61 Å². The van der Waals surface area contributed by atoms with E-state index in [1.165, 1.54) is 89.9 Å². The third-order valence-corrected chi connectivity index (χ3v) is 4.00. The van der Waals surface area contributed by atoms with Gasteiger partial charge < -0.3 is 5.11 Å². The van der Waals surface area contributed by atoms with E-state index >= 15 is 0 Å². The molecule has 2 heteroatoms. The summed E-state index contributed by atoms with van der Waals surface area (Å²) in [6.07, 6.45) is 21.8. The molecule has 0 rings (SSSR count). The van der Waals surface area contributed by atoms with Crippen LogP contribution < -0.4 is 34.7 Å². The van der Waals surface area contributed by atoms with Gasteiger partial charge in [-0.25, -0.2) is 0 Å². The summed E-state index contributed by atoms with van der Waals surface area (Å²) in [4.78, 5) is 0. The first-order valence-electron chi connectivity index (χ1n) is 9.00. The van der Waals surface area contributed by atoms with Crippen molar-refractivity contribution in [1.29, 1.82) is 0 Å². The summed E-state index contributed by atoms with van der Waals surface area (Å²) in [5.41, 5.74) is 0. The van der Waals surface area contributed by atoms with Gasteiger partial charge in [0.15, 0.2) is 0 Å². The van der Waals surface area contributed by atoms with Crippen LogP contribution in [0.25, 0.3) is 0 Å². The van der Waals surface area contributed by atoms with Crippen LogP contribution in [0.4, 0.5) is 0 Å². The molecule has 0 aromatic carbocycles. The molecule has 0 heterocycles. The Balaban J connectivity index is 0. The monoisotopic (exact) mass is 292 g/mol. The Morgan fingerprint density at radius 1 is 0.450 bits per heavy atom. The van der Waals surface area contributed by atoms with Crippen molar-refractivity contribution < 1.29 is 34.7 Å². The minimum atomic E-state index is 0. The standard InChI is InChI=1S/C18H37O.Na/c1-2-3-4-5-6-7-8-9-10-11-12-13-14-15-16-17-18-19;/h2-18H2,1H3;/q-1;+1. The Hall–Kier alpha value is 0.960. The molecule has 20 heavy (non-hydrogen) atoms. The zero-order valence-corrected chi connectivity index (χ0v) is 16.4. The van der Waals surface area contributed by atoms with Crippen molar-refractivity contribution in [3.63, 3.8) is 0 Å². The smallest absolute Gasteiger partial charge is 0.854 e. The van der Waals surface area contributed by atoms with Gasteiger partial charge in [0.25, 0.3) is 0 Å². The third-order valence-electron chi connectivity index (χ3n) is 4.00. The quantitative estimate of drug-likeness (QED) is 0.317. The fraction of sp³-hybridized carbons (Fsp3) is 1.00. The molecule has 0 aliphatic carbocycles. The second kappa shape index (κ2) is 22.2. The SMILES string of the molecule is CCCCCCCCCCCCCCCCCC[O-].[Na+]. The van der Waals surface area contributed by atoms with E-state index in [0.717, 1.165) is 12.8 Å². The van der Waals surface area contributed by atoms with Crippen LogP contribution in [0.2, 0.25) is 0 Å². The second-order valence-corrected chi connectivity index (χ2v) is 6.01. The summed E-state index contributed by atoms with van der Waals surface area (Å²) in [7, 11) is 0. The molecule has 0 aromatic heterocycles. The van der Waals surface area contributed by atoms with Crippen LogP contribution in [0.5, 0.6) is 0 Å². The van der Waals surface area contributed by atoms with Crippen LogP contribution in [0, 0.1) is 0 Å². The maximum absolute atomic E-state index is 10.3. The minimum Gasteiger partial charge on any atom is -0.854 e. The number of hydrogen-bond acceptors (Lipinski definition) is 1. The van der Waals surface area contributed by atoms with E-state index in [0.29, 0.717) is 0 Å². The first kappa shape index (κ1) is 23.2. The van der Waals surface area contributed by atoms with Gasteiger partial charge in [0.2, 0.25) is 0 Å². The topological polar surface area (TPSA) is 23.1 Å². The summed E-state index contributed by atoms with van der Waals surface area (Å²) in [6.45, 7) is 2.41. The van der Waals surface area contributed by atoms with Gasteiger partial charge in [-0.05, 0) is 0 Å². The van der Waals surface area contributed by atoms with Crippen molar-refractivity contribution in [2.45, 2.75) is 110 Å². The van der Waals surface area contributed by atoms with Gasteiger partial charge in [-0.3, -0.25) is 0 Å². The van der Waals surface area contributed by atoms with Crippen molar-refractivity contribution in [2.24, 2.45) is 0 Å². The van der Waals surface area contributed by atoms with Crippen LogP contribution in [0.3, 0.4) is 0 Å². The van der Waals surface area contributed by atoms with Gasteiger partial charge in [-0.15, -0.1) is 6.61 Å². The van der Waals surface area contributed by atoms with Crippen molar-refractivity contribution in [3.05, 3.63) is 0 Å². The van der Waals surface area contributed by atoms with E-state index in [1.807, 2.05) is 0 Å². The van der Waals surface area contributed by atoms with Crippen LogP contribution in [-0.2, 0) is 0 Å². The average molecular weight is 292 g/mol. The minimum absolute atomic E-state index is 0. The molecule has 0 fully saturated rings. The molecular formula is C18H37NaO. The summed E-state index contributed by atoms with van der Waals surface area (Å²) >= 11 is 0. The van der Waals surface area contributed by atoms with Gasteiger partial charge in [0.05, 0.1) is 0 Å². The summed E-state index contributed by atoms with van der Waals surface area (Å²) < 4.78 is 0. The van der Waals surface area contributed by atoms with Crippen LogP contribution >= 0.6 is 0 Å². The summed E-state index contributed by atoms with van der Waals surface area (Å²) in [5.74, 6) is 0. The predicted octanol–water partition coefficient (Wildman–Crippen LogP) is 2.61. The molecule has 0 spiro atoms. The largest absolute Gasteiger partial charge is 1.00 e. The molecule has 0 aliphatic heterocycles. The third kappa shape index (κ3) is 21.3. The molecule has 0 saturated carbocycles. The summed E-state index contributed by atoms with van der Waals surface area (Å²) in [5, 5.41) is 10.3. The van der Waals surface area contributed by atoms with Gasteiger partial charge >= 0.3 is 29.6 Å². The molecule has 0 amide bonds. The average Bonchev–Trinajstić information content (AvgIpc) is 2.43. The number of unbranched alkanes of at least 4 members (excludes halogenated alkanes) is 15. The van der Waals surface area contributed by atoms with E-state index in [4.69, 9.17) is 0 Å². The fourth-order valence-electron chi connectivity index (χ4n) is 2.65. The molecule has 0 aromatic rings. The Kier molecular flexibility index (Phi) is 25.8. The molecule has 0 unspecified atom stereocenters. The second-order valence-electron chi connectivity index (χ2n) is 6.01. The Morgan fingerprint density at radius 3 is 0.950 bits per heavy atom. The number of hydrogen-bond donors (Lipinski definition) is 0. The number of rotatable bonds is 16. The van der Waals surface area contributed by atoms with Crippen LogP contribution in [-0.4, -0.2) is 6.61 Å². The van der Waals surface area contributed by atoms with Crippen molar-refractivity contribution in [1.82, 2.24) is 0 Å². The zero-order chi connectivity index (χ0) is 14.0. The molecule has 0 bridgehead atoms. The van der Waals surface area contributed by atoms with E-state index in [1.54, 1.807) is 0 Å². The molecule has 0 atom stereocenters. The molecule has 116 valence electrons. The maximum atomic E-state index is 10.3. The van der Waals surface area contributed by atoms with E-state index in [2.05, 4.69) is 6.92 Å². The Morgan fingerprint density at radius 2 is 0.700 bits per heavy atom. The van der Waals surface area contributed by atoms with Crippen molar-refractivity contribution in [3.8, 4) is 0 Å². The Bertz CT molecular complexity index is 134. The van der Waals surface area contributed by atoms with Gasteiger partial charge in [0, 0.05) is 0 Å². The molecule has 0 N–H and O–H groups in total. The first-order valence-corrected chi connectivity index (χ1v) is 9.00. The maximum Gasteiger partial charge on any atom is 1.00 e. The van der Waals surface area contributed by atoms with E-state index in [-0.39, 0.29) is 36.2 Å². The van der Waals surface area contributed by atoms with Crippen molar-refractivity contribution >= 4 is 0 Å². The molecule has 1 nitrogen and oxygen atoms in total. The normalized spacial score (nSPS) is 10.5. The summed E-state index contributed by atoms with van der Waals surface area (Å²) in [6, 6.07) is 0. The van der Waals surface area contributed by atoms with Gasteiger partial charge in [-0.1, -0.05) is 110 Å². The van der Waals surface area contributed by atoms with E-state index < -0.39 is 0 Å². The molecule has 0 saturated heterocycles. The molecule has 0 aliphatic rings. The van der Waals surface area contributed by atoms with Crippen LogP contribution in [0.15, 0.2) is 0 Å². The predicted molar refractivity (Wildman–Crippen MR) is 84.4 cm³/mol. The van der Waals surface area contributed by atoms with Gasteiger partial charge in [0.1, 0.15) is 0 Å². The molecular weight excluding hydrogens is 255 g/mol. The van der Waals surface area contributed by atoms with E-state index in [9.17, 15) is 5.11 Å². The van der Waals surface area contributed by atoms with Gasteiger partial charge in [-0.2, -0.15) is 0 Å². The Labute approximate surface area is 150 Å².